The molecule has 5 atom stereocenters. The minimum Gasteiger partial charge on any atom is -0.375 e. The number of alkyl halides is 1. The van der Waals surface area contributed by atoms with E-state index in [1.807, 2.05) is 7.05 Å². The second kappa shape index (κ2) is 5.40. The fourth-order valence-corrected chi connectivity index (χ4v) is 4.88. The first kappa shape index (κ1) is 15.0. The van der Waals surface area contributed by atoms with Crippen LogP contribution in [0.15, 0.2) is 18.2 Å². The SMILES string of the molecule is CC1OC(C)C(C(Br)c2ccc3c(c2)CC(=O)N3C)C1C. The fraction of sp³-hybridized carbons (Fsp3) is 0.588. The molecule has 1 saturated heterocycles. The first-order valence-electron chi connectivity index (χ1n) is 7.59. The molecule has 2 aliphatic rings. The summed E-state index contributed by atoms with van der Waals surface area (Å²) in [5.74, 6) is 1.14. The molecular weight excluding hydrogens is 330 g/mol. The van der Waals surface area contributed by atoms with Gasteiger partial charge in [0.05, 0.1) is 18.6 Å². The number of carbonyl (C=O) groups is 1. The number of carbonyl (C=O) groups excluding carboxylic acids is 1. The Labute approximate surface area is 134 Å². The fourth-order valence-electron chi connectivity index (χ4n) is 3.68. The van der Waals surface area contributed by atoms with E-state index in [0.29, 0.717) is 24.4 Å². The molecule has 1 aromatic carbocycles. The van der Waals surface area contributed by atoms with Gasteiger partial charge in [-0.1, -0.05) is 35.0 Å². The van der Waals surface area contributed by atoms with Crippen molar-refractivity contribution in [3.8, 4) is 0 Å². The average molecular weight is 352 g/mol. The van der Waals surface area contributed by atoms with E-state index in [1.165, 1.54) is 5.56 Å². The molecule has 5 unspecified atom stereocenters. The molecule has 0 bridgehead atoms. The minimum absolute atomic E-state index is 0.174. The lowest BCUT2D eigenvalue weighted by Crippen LogP contribution is -2.22. The minimum atomic E-state index is 0.174. The van der Waals surface area contributed by atoms with E-state index in [4.69, 9.17) is 4.74 Å². The van der Waals surface area contributed by atoms with E-state index in [1.54, 1.807) is 4.90 Å². The predicted molar refractivity (Wildman–Crippen MR) is 87.9 cm³/mol. The molecule has 0 aliphatic carbocycles. The van der Waals surface area contributed by atoms with Gasteiger partial charge >= 0.3 is 0 Å². The summed E-state index contributed by atoms with van der Waals surface area (Å²) < 4.78 is 5.96. The Morgan fingerprint density at radius 1 is 1.29 bits per heavy atom. The van der Waals surface area contributed by atoms with Gasteiger partial charge in [0.2, 0.25) is 5.91 Å². The second-order valence-corrected chi connectivity index (χ2v) is 7.39. The van der Waals surface area contributed by atoms with E-state index >= 15 is 0 Å². The quantitative estimate of drug-likeness (QED) is 0.760. The zero-order valence-corrected chi connectivity index (χ0v) is 14.6. The standard InChI is InChI=1S/C17H22BrNO2/c1-9-10(2)21-11(3)16(9)17(18)12-5-6-14-13(7-12)8-15(20)19(14)4/h5-7,9-11,16-17H,8H2,1-4H3. The Morgan fingerprint density at radius 2 is 2.00 bits per heavy atom. The molecule has 2 heterocycles. The lowest BCUT2D eigenvalue weighted by Gasteiger charge is -2.25. The van der Waals surface area contributed by atoms with Crippen LogP contribution in [-0.4, -0.2) is 25.2 Å². The highest BCUT2D eigenvalue weighted by Crippen LogP contribution is 2.45. The van der Waals surface area contributed by atoms with Gasteiger partial charge in [0.1, 0.15) is 0 Å². The molecule has 114 valence electrons. The maximum atomic E-state index is 11.8. The van der Waals surface area contributed by atoms with Gasteiger partial charge in [0.15, 0.2) is 0 Å². The van der Waals surface area contributed by atoms with Gasteiger partial charge in [-0.15, -0.1) is 0 Å². The van der Waals surface area contributed by atoms with Crippen LogP contribution in [-0.2, 0) is 16.0 Å². The molecule has 0 aromatic heterocycles. The summed E-state index contributed by atoms with van der Waals surface area (Å²) in [7, 11) is 1.84. The van der Waals surface area contributed by atoms with Gasteiger partial charge in [-0.25, -0.2) is 0 Å². The third-order valence-electron chi connectivity index (χ3n) is 5.16. The largest absolute Gasteiger partial charge is 0.375 e. The number of rotatable bonds is 2. The van der Waals surface area contributed by atoms with Crippen molar-refractivity contribution in [2.45, 2.75) is 44.2 Å². The normalized spacial score (nSPS) is 33.4. The molecule has 1 aromatic rings. The average Bonchev–Trinajstić information content (AvgIpc) is 2.86. The van der Waals surface area contributed by atoms with Crippen LogP contribution in [0.3, 0.4) is 0 Å². The summed E-state index contributed by atoms with van der Waals surface area (Å²) in [5, 5.41) is 0. The van der Waals surface area contributed by atoms with E-state index in [-0.39, 0.29) is 16.8 Å². The number of likely N-dealkylation sites (N-methyl/N-ethyl adjacent to an activating group) is 1. The molecule has 4 heteroatoms. The monoisotopic (exact) mass is 351 g/mol. The Morgan fingerprint density at radius 3 is 2.62 bits per heavy atom. The molecule has 3 nitrogen and oxygen atoms in total. The third-order valence-corrected chi connectivity index (χ3v) is 6.30. The van der Waals surface area contributed by atoms with Crippen LogP contribution in [0.5, 0.6) is 0 Å². The van der Waals surface area contributed by atoms with Crippen molar-refractivity contribution in [2.24, 2.45) is 11.8 Å². The third kappa shape index (κ3) is 2.42. The molecule has 1 fully saturated rings. The van der Waals surface area contributed by atoms with Crippen molar-refractivity contribution in [1.82, 2.24) is 0 Å². The number of halogens is 1. The smallest absolute Gasteiger partial charge is 0.231 e. The zero-order chi connectivity index (χ0) is 15.3. The van der Waals surface area contributed by atoms with Gasteiger partial charge in [0.25, 0.3) is 0 Å². The van der Waals surface area contributed by atoms with Crippen LogP contribution < -0.4 is 4.90 Å². The highest BCUT2D eigenvalue weighted by molar-refractivity contribution is 9.09. The summed E-state index contributed by atoms with van der Waals surface area (Å²) >= 11 is 3.88. The van der Waals surface area contributed by atoms with Crippen molar-refractivity contribution >= 4 is 27.5 Å². The van der Waals surface area contributed by atoms with Gasteiger partial charge in [-0.3, -0.25) is 4.79 Å². The summed E-state index contributed by atoms with van der Waals surface area (Å²) in [6.07, 6.45) is 1.06. The van der Waals surface area contributed by atoms with Gasteiger partial charge in [-0.05, 0) is 37.0 Å². The molecular formula is C17H22BrNO2. The predicted octanol–water partition coefficient (Wildman–Crippen LogP) is 3.70. The number of anilines is 1. The maximum absolute atomic E-state index is 11.8. The van der Waals surface area contributed by atoms with Crippen LogP contribution in [0.4, 0.5) is 5.69 Å². The van der Waals surface area contributed by atoms with Crippen LogP contribution in [0, 0.1) is 11.8 Å². The zero-order valence-electron chi connectivity index (χ0n) is 13.0. The lowest BCUT2D eigenvalue weighted by molar-refractivity contribution is -0.117. The molecule has 2 aliphatic heterocycles. The number of benzene rings is 1. The number of hydrogen-bond donors (Lipinski definition) is 0. The van der Waals surface area contributed by atoms with Crippen molar-refractivity contribution < 1.29 is 9.53 Å². The van der Waals surface area contributed by atoms with Gasteiger partial charge in [0, 0.05) is 23.5 Å². The Hall–Kier alpha value is -0.870. The molecule has 21 heavy (non-hydrogen) atoms. The Bertz CT molecular complexity index is 574. The first-order chi connectivity index (χ1) is 9.90. The van der Waals surface area contributed by atoms with Crippen LogP contribution >= 0.6 is 15.9 Å². The van der Waals surface area contributed by atoms with Crippen molar-refractivity contribution in [3.05, 3.63) is 29.3 Å². The topological polar surface area (TPSA) is 29.5 Å². The summed E-state index contributed by atoms with van der Waals surface area (Å²) in [6, 6.07) is 6.38. The van der Waals surface area contributed by atoms with E-state index in [0.717, 1.165) is 11.3 Å². The van der Waals surface area contributed by atoms with Crippen LogP contribution in [0.25, 0.3) is 0 Å². The van der Waals surface area contributed by atoms with Crippen molar-refractivity contribution in [1.29, 1.82) is 0 Å². The second-order valence-electron chi connectivity index (χ2n) is 6.40. The van der Waals surface area contributed by atoms with Gasteiger partial charge < -0.3 is 9.64 Å². The first-order valence-corrected chi connectivity index (χ1v) is 8.50. The van der Waals surface area contributed by atoms with E-state index in [9.17, 15) is 4.79 Å². The van der Waals surface area contributed by atoms with E-state index in [2.05, 4.69) is 54.9 Å². The number of ether oxygens (including phenoxy) is 1. The Balaban J connectivity index is 1.88. The maximum Gasteiger partial charge on any atom is 0.231 e. The number of amides is 1. The number of fused-ring (bicyclic) bond motifs is 1. The van der Waals surface area contributed by atoms with Crippen molar-refractivity contribution in [3.63, 3.8) is 0 Å². The number of hydrogen-bond acceptors (Lipinski definition) is 2. The van der Waals surface area contributed by atoms with E-state index < -0.39 is 0 Å². The molecule has 0 spiro atoms. The lowest BCUT2D eigenvalue weighted by atomic mass is 9.84. The Kier molecular flexibility index (Phi) is 3.87. The molecule has 0 saturated carbocycles. The summed E-state index contributed by atoms with van der Waals surface area (Å²) in [6.45, 7) is 6.57. The molecule has 0 N–H and O–H groups in total. The van der Waals surface area contributed by atoms with Crippen LogP contribution in [0.2, 0.25) is 0 Å². The summed E-state index contributed by atoms with van der Waals surface area (Å²) in [5.41, 5.74) is 3.43. The van der Waals surface area contributed by atoms with Gasteiger partial charge in [-0.2, -0.15) is 0 Å². The number of nitrogens with zero attached hydrogens (tertiary/aromatic N) is 1. The molecule has 3 rings (SSSR count). The molecule has 0 radical (unpaired) electrons. The highest BCUT2D eigenvalue weighted by atomic mass is 79.9. The van der Waals surface area contributed by atoms with Crippen molar-refractivity contribution in [2.75, 3.05) is 11.9 Å². The molecule has 1 amide bonds. The van der Waals surface area contributed by atoms with Crippen LogP contribution in [0.1, 0.15) is 36.7 Å². The summed E-state index contributed by atoms with van der Waals surface area (Å²) in [4.78, 5) is 13.8. The highest BCUT2D eigenvalue weighted by Gasteiger charge is 2.41.